The molecule has 6 heterocycles. The van der Waals surface area contributed by atoms with Crippen LogP contribution in [0.4, 0.5) is 11.6 Å². The van der Waals surface area contributed by atoms with Crippen LogP contribution >= 0.6 is 22.6 Å². The largest absolute Gasteiger partial charge is 0.460 e. The van der Waals surface area contributed by atoms with Crippen LogP contribution in [0.2, 0.25) is 36.3 Å². The summed E-state index contributed by atoms with van der Waals surface area (Å²) >= 11 is 2.19. The molecule has 0 amide bonds. The number of ether oxygens (including phenoxy) is 2. The Hall–Kier alpha value is -2.69. The Morgan fingerprint density at radius 1 is 0.818 bits per heavy atom. The number of hydrogen-bond donors (Lipinski definition) is 3. The van der Waals surface area contributed by atoms with Gasteiger partial charge in [0, 0.05) is 11.8 Å². The number of carbonyl (C=O) groups is 1. The number of fused-ring (bicyclic) bond motifs is 2. The van der Waals surface area contributed by atoms with Crippen LogP contribution in [-0.4, -0.2) is 81.3 Å². The first-order valence-electron chi connectivity index (χ1n) is 19.1. The zero-order valence-corrected chi connectivity index (χ0v) is 39.2. The number of hydrogen-bond acceptors (Lipinski definition) is 12. The number of aliphatic hydroxyl groups is 1. The molecule has 0 bridgehead atoms. The molecular weight excluding hydrogens is 848 g/mol. The number of anilines is 2. The van der Waals surface area contributed by atoms with Crippen LogP contribution in [0.15, 0.2) is 36.9 Å². The molecule has 0 spiro atoms. The summed E-state index contributed by atoms with van der Waals surface area (Å²) in [6.07, 6.45) is 3.56. The van der Waals surface area contributed by atoms with Crippen LogP contribution < -0.4 is 11.5 Å². The third kappa shape index (κ3) is 9.22. The number of halogens is 1. The Bertz CT molecular complexity index is 1940. The third-order valence-electron chi connectivity index (χ3n) is 11.9. The van der Waals surface area contributed by atoms with Gasteiger partial charge in [0.05, 0.1) is 6.10 Å². The first-order valence-corrected chi connectivity index (χ1v) is 26.0. The molecule has 4 aromatic heterocycles. The lowest BCUT2D eigenvalue weighted by molar-refractivity contribution is -0.237. The Morgan fingerprint density at radius 2 is 1.31 bits per heavy atom. The standard InChI is InChI=1S/C19H32N4O3Si.C13H26O3Si.C6H5IN4/c1-8-14-12(2)16(26-27(6,7)18(3,4)5)19(24,25-14)15-10-9-13-17(20)21-11-22-23(13)15;1-8-10-9(2)11(12(14)15-10)16-17(6,7)13(3,4)5;7-5-2-1-4-6(8)9-3-10-11(4)5/h9-12,14,16,24H,8H2,1-7H3,(H2,20,21,22);9-11H,8H2,1-7H3;1-3H,(H2,8,9,10)/t12-,14-,16?,19?;9-,10-,11?;/m11./s1. The minimum absolute atomic E-state index is 0.0196. The third-order valence-corrected chi connectivity index (χ3v) is 21.6. The van der Waals surface area contributed by atoms with Gasteiger partial charge in [-0.1, -0.05) is 69.2 Å². The number of cyclic esters (lactones) is 1. The molecule has 17 heteroatoms. The van der Waals surface area contributed by atoms with Crippen molar-refractivity contribution < 1.29 is 28.2 Å². The Kier molecular flexibility index (Phi) is 13.6. The van der Waals surface area contributed by atoms with Crippen LogP contribution in [0.25, 0.3) is 11.0 Å². The van der Waals surface area contributed by atoms with Crippen LogP contribution in [-0.2, 0) is 28.9 Å². The van der Waals surface area contributed by atoms with Crippen molar-refractivity contribution in [3.8, 4) is 0 Å². The van der Waals surface area contributed by atoms with Gasteiger partial charge in [0.25, 0.3) is 0 Å². The first kappa shape index (κ1) is 45.0. The highest BCUT2D eigenvalue weighted by molar-refractivity contribution is 14.1. The van der Waals surface area contributed by atoms with E-state index in [0.29, 0.717) is 22.8 Å². The van der Waals surface area contributed by atoms with Crippen molar-refractivity contribution in [2.24, 2.45) is 11.8 Å². The molecule has 6 rings (SSSR count). The smallest absolute Gasteiger partial charge is 0.334 e. The highest BCUT2D eigenvalue weighted by Crippen LogP contribution is 2.48. The molecule has 0 saturated carbocycles. The predicted molar refractivity (Wildman–Crippen MR) is 229 cm³/mol. The van der Waals surface area contributed by atoms with Gasteiger partial charge in [-0.2, -0.15) is 10.2 Å². The molecule has 0 aliphatic carbocycles. The van der Waals surface area contributed by atoms with Crippen molar-refractivity contribution >= 4 is 67.9 Å². The molecule has 306 valence electrons. The van der Waals surface area contributed by atoms with E-state index in [9.17, 15) is 9.90 Å². The summed E-state index contributed by atoms with van der Waals surface area (Å²) < 4.78 is 28.8. The molecule has 3 unspecified atom stereocenters. The zero-order valence-electron chi connectivity index (χ0n) is 35.0. The molecule has 0 aromatic carbocycles. The first-order chi connectivity index (χ1) is 25.3. The summed E-state index contributed by atoms with van der Waals surface area (Å²) in [6.45, 7) is 30.1. The quantitative estimate of drug-likeness (QED) is 0.0941. The van der Waals surface area contributed by atoms with Gasteiger partial charge < -0.3 is 34.9 Å². The second kappa shape index (κ2) is 16.7. The lowest BCUT2D eigenvalue weighted by atomic mass is 9.94. The monoisotopic (exact) mass is 910 g/mol. The summed E-state index contributed by atoms with van der Waals surface area (Å²) in [6, 6.07) is 7.45. The van der Waals surface area contributed by atoms with Crippen LogP contribution in [0, 0.1) is 15.5 Å². The van der Waals surface area contributed by atoms with E-state index in [0.717, 1.165) is 22.1 Å². The molecule has 2 aliphatic heterocycles. The van der Waals surface area contributed by atoms with Crippen molar-refractivity contribution in [2.45, 2.75) is 149 Å². The fraction of sp³-hybridized carbons (Fsp3) is 0.658. The lowest BCUT2D eigenvalue weighted by Crippen LogP contribution is -2.51. The second-order valence-corrected chi connectivity index (χ2v) is 28.3. The number of nitrogens with zero attached hydrogens (tertiary/aromatic N) is 6. The number of nitrogens with two attached hydrogens (primary N) is 2. The van der Waals surface area contributed by atoms with Gasteiger partial charge in [0.1, 0.15) is 51.4 Å². The van der Waals surface area contributed by atoms with Gasteiger partial charge in [0.15, 0.2) is 28.3 Å². The van der Waals surface area contributed by atoms with E-state index in [4.69, 9.17) is 29.8 Å². The fourth-order valence-electron chi connectivity index (χ4n) is 6.28. The summed E-state index contributed by atoms with van der Waals surface area (Å²) in [7, 11) is -4.04. The van der Waals surface area contributed by atoms with E-state index < -0.39 is 28.5 Å². The highest BCUT2D eigenvalue weighted by Gasteiger charge is 2.58. The van der Waals surface area contributed by atoms with Gasteiger partial charge in [-0.25, -0.2) is 23.8 Å². The second-order valence-electron chi connectivity index (χ2n) is 17.7. The van der Waals surface area contributed by atoms with E-state index in [1.165, 1.54) is 12.7 Å². The van der Waals surface area contributed by atoms with Gasteiger partial charge in [-0.15, -0.1) is 0 Å². The maximum atomic E-state index is 11.8. The molecular formula is C38H63IN8O6Si2. The van der Waals surface area contributed by atoms with Crippen molar-refractivity contribution in [1.82, 2.24) is 29.2 Å². The molecule has 55 heavy (non-hydrogen) atoms. The number of carbonyl (C=O) groups excluding carboxylic acids is 1. The van der Waals surface area contributed by atoms with Crippen LogP contribution in [0.3, 0.4) is 0 Å². The van der Waals surface area contributed by atoms with E-state index in [2.05, 4.69) is 131 Å². The number of aromatic nitrogens is 6. The van der Waals surface area contributed by atoms with Gasteiger partial charge in [-0.3, -0.25) is 0 Å². The zero-order chi connectivity index (χ0) is 41.5. The number of rotatable bonds is 7. The Morgan fingerprint density at radius 3 is 1.80 bits per heavy atom. The average molecular weight is 911 g/mol. The predicted octanol–water partition coefficient (Wildman–Crippen LogP) is 7.56. The number of esters is 1. The minimum atomic E-state index is -2.14. The lowest BCUT2D eigenvalue weighted by Gasteiger charge is -2.42. The molecule has 4 aromatic rings. The van der Waals surface area contributed by atoms with Crippen LogP contribution in [0.1, 0.15) is 87.8 Å². The topological polar surface area (TPSA) is 187 Å². The summed E-state index contributed by atoms with van der Waals surface area (Å²) in [5.41, 5.74) is 13.6. The van der Waals surface area contributed by atoms with Gasteiger partial charge in [-0.05, 0) is 96.0 Å². The van der Waals surface area contributed by atoms with E-state index >= 15 is 0 Å². The summed E-state index contributed by atoms with van der Waals surface area (Å²) in [5, 5.41) is 20.2. The maximum Gasteiger partial charge on any atom is 0.334 e. The van der Waals surface area contributed by atoms with Crippen molar-refractivity contribution in [2.75, 3.05) is 11.5 Å². The molecule has 14 nitrogen and oxygen atoms in total. The average Bonchev–Trinajstić information content (AvgIpc) is 3.83. The molecule has 7 atom stereocenters. The Balaban J connectivity index is 0.000000204. The van der Waals surface area contributed by atoms with Crippen molar-refractivity contribution in [3.63, 3.8) is 0 Å². The highest BCUT2D eigenvalue weighted by atomic mass is 127. The van der Waals surface area contributed by atoms with E-state index in [1.807, 2.05) is 19.1 Å². The minimum Gasteiger partial charge on any atom is -0.460 e. The maximum absolute atomic E-state index is 11.8. The van der Waals surface area contributed by atoms with E-state index in [-0.39, 0.29) is 46.2 Å². The SMILES string of the molecule is CC[C@H]1OC(=O)C(O[Si](C)(C)C(C)(C)C)[C@@H]1C.CC[C@H]1OC(O)(c2ccc3c(N)ncnn23)C(O[Si](C)(C)C(C)(C)C)[C@@H]1C.Nc1ncnn2c(I)ccc12. The molecule has 2 fully saturated rings. The van der Waals surface area contributed by atoms with Gasteiger partial charge >= 0.3 is 5.97 Å². The molecule has 5 N–H and O–H groups in total. The molecule has 2 saturated heterocycles. The Labute approximate surface area is 341 Å². The number of nitrogen functional groups attached to an aromatic ring is 2. The van der Waals surface area contributed by atoms with E-state index in [1.54, 1.807) is 21.2 Å². The molecule has 0 radical (unpaired) electrons. The van der Waals surface area contributed by atoms with Crippen LogP contribution in [0.5, 0.6) is 0 Å². The molecule has 2 aliphatic rings. The fourth-order valence-corrected chi connectivity index (χ4v) is 9.51. The normalized spacial score (nSPS) is 26.1. The summed E-state index contributed by atoms with van der Waals surface area (Å²) in [4.78, 5) is 19.7. The van der Waals surface area contributed by atoms with Gasteiger partial charge in [0.2, 0.25) is 5.79 Å². The van der Waals surface area contributed by atoms with Crippen molar-refractivity contribution in [3.05, 3.63) is 46.3 Å². The van der Waals surface area contributed by atoms with Crippen molar-refractivity contribution in [1.29, 1.82) is 0 Å². The summed E-state index contributed by atoms with van der Waals surface area (Å²) in [5.74, 6) is -0.680.